The first-order valence-corrected chi connectivity index (χ1v) is 8.01. The molecule has 5 heteroatoms. The fraction of sp³-hybridized carbons (Fsp3) is 0.316. The van der Waals surface area contributed by atoms with Crippen LogP contribution in [0.2, 0.25) is 0 Å². The van der Waals surface area contributed by atoms with Gasteiger partial charge in [0.15, 0.2) is 11.5 Å². The number of hydrazone groups is 1. The Morgan fingerprint density at radius 3 is 2.58 bits per heavy atom. The van der Waals surface area contributed by atoms with E-state index in [9.17, 15) is 0 Å². The number of para-hydroxylation sites is 2. The number of nitrogens with zero attached hydrogens (tertiary/aromatic N) is 2. The van der Waals surface area contributed by atoms with Crippen molar-refractivity contribution in [1.82, 2.24) is 0 Å². The lowest BCUT2D eigenvalue weighted by molar-refractivity contribution is 0.349. The molecule has 0 aromatic heterocycles. The summed E-state index contributed by atoms with van der Waals surface area (Å²) in [6.07, 6.45) is 0.772. The molecule has 0 saturated carbocycles. The van der Waals surface area contributed by atoms with E-state index < -0.39 is 0 Å². The average molecular weight is 325 g/mol. The molecule has 1 aliphatic rings. The van der Waals surface area contributed by atoms with Crippen molar-refractivity contribution in [1.29, 1.82) is 0 Å². The lowest BCUT2D eigenvalue weighted by Crippen LogP contribution is -2.20. The van der Waals surface area contributed by atoms with Crippen LogP contribution >= 0.6 is 0 Å². The van der Waals surface area contributed by atoms with Gasteiger partial charge in [0, 0.05) is 18.5 Å². The van der Waals surface area contributed by atoms with Crippen LogP contribution in [0.3, 0.4) is 0 Å². The largest absolute Gasteiger partial charge is 0.493 e. The van der Waals surface area contributed by atoms with Gasteiger partial charge in [-0.15, -0.1) is 0 Å². The van der Waals surface area contributed by atoms with Crippen LogP contribution < -0.4 is 20.2 Å². The molecule has 0 aliphatic carbocycles. The predicted molar refractivity (Wildman–Crippen MR) is 97.1 cm³/mol. The molecule has 1 heterocycles. The molecule has 1 aliphatic heterocycles. The van der Waals surface area contributed by atoms with Crippen molar-refractivity contribution in [3.8, 4) is 11.5 Å². The average Bonchev–Trinajstić information content (AvgIpc) is 3.05. The van der Waals surface area contributed by atoms with Crippen LogP contribution in [0.5, 0.6) is 11.5 Å². The number of methoxy groups -OCH3 is 2. The Hall–Kier alpha value is -2.53. The molecular formula is C19H23N3O2. The molecule has 0 amide bonds. The Labute approximate surface area is 142 Å². The van der Waals surface area contributed by atoms with Crippen LogP contribution in [-0.2, 0) is 0 Å². The Morgan fingerprint density at radius 1 is 1.12 bits per heavy atom. The molecule has 0 radical (unpaired) electrons. The number of aryl methyl sites for hydroxylation is 1. The normalized spacial score (nSPS) is 16.9. The first-order chi connectivity index (χ1) is 11.7. The molecule has 3 rings (SSSR count). The lowest BCUT2D eigenvalue weighted by atomic mass is 9.99. The van der Waals surface area contributed by atoms with E-state index >= 15 is 0 Å². The van der Waals surface area contributed by atoms with E-state index in [-0.39, 0.29) is 6.04 Å². The molecule has 2 aromatic carbocycles. The maximum atomic E-state index is 5.87. The number of nitrogens with two attached hydrogens (primary N) is 1. The number of hydrogen-bond donors (Lipinski definition) is 1. The highest BCUT2D eigenvalue weighted by Crippen LogP contribution is 2.43. The summed E-state index contributed by atoms with van der Waals surface area (Å²) in [4.78, 5) is 0. The number of anilines is 1. The minimum Gasteiger partial charge on any atom is -0.493 e. The van der Waals surface area contributed by atoms with Gasteiger partial charge in [-0.2, -0.15) is 5.10 Å². The third kappa shape index (κ3) is 2.83. The Kier molecular flexibility index (Phi) is 4.71. The van der Waals surface area contributed by atoms with Crippen LogP contribution in [0.25, 0.3) is 0 Å². The van der Waals surface area contributed by atoms with Gasteiger partial charge >= 0.3 is 0 Å². The minimum atomic E-state index is 0.0368. The minimum absolute atomic E-state index is 0.0368. The van der Waals surface area contributed by atoms with Gasteiger partial charge in [-0.1, -0.05) is 30.3 Å². The zero-order valence-corrected chi connectivity index (χ0v) is 14.3. The Morgan fingerprint density at radius 2 is 1.92 bits per heavy atom. The second-order valence-corrected chi connectivity index (χ2v) is 5.80. The Bertz CT molecular complexity index is 758. The standard InChI is InChI=1S/C19H23N3O2/c1-13-7-4-5-9-16(13)22-17(11-14(12-20)21-22)15-8-6-10-18(23-2)19(15)24-3/h4-10,17H,11-12,20H2,1-3H3. The first kappa shape index (κ1) is 16.3. The van der Waals surface area contributed by atoms with Crippen LogP contribution in [0.1, 0.15) is 23.6 Å². The zero-order valence-electron chi connectivity index (χ0n) is 14.3. The van der Waals surface area contributed by atoms with E-state index in [0.717, 1.165) is 34.9 Å². The smallest absolute Gasteiger partial charge is 0.166 e. The summed E-state index contributed by atoms with van der Waals surface area (Å²) in [5.74, 6) is 1.47. The van der Waals surface area contributed by atoms with Crippen LogP contribution in [0.15, 0.2) is 47.6 Å². The summed E-state index contributed by atoms with van der Waals surface area (Å²) in [7, 11) is 3.32. The highest BCUT2D eigenvalue weighted by Gasteiger charge is 2.32. The molecule has 0 fully saturated rings. The molecular weight excluding hydrogens is 302 g/mol. The summed E-state index contributed by atoms with van der Waals surface area (Å²) in [6, 6.07) is 14.2. The number of rotatable bonds is 5. The van der Waals surface area contributed by atoms with Gasteiger partial charge in [0.2, 0.25) is 0 Å². The molecule has 1 atom stereocenters. The van der Waals surface area contributed by atoms with Crippen molar-refractivity contribution in [3.63, 3.8) is 0 Å². The maximum absolute atomic E-state index is 5.87. The molecule has 24 heavy (non-hydrogen) atoms. The summed E-state index contributed by atoms with van der Waals surface area (Å²) < 4.78 is 11.1. The highest BCUT2D eigenvalue weighted by molar-refractivity contribution is 5.91. The third-order valence-corrected chi connectivity index (χ3v) is 4.36. The van der Waals surface area contributed by atoms with Gasteiger partial charge < -0.3 is 15.2 Å². The molecule has 126 valence electrons. The topological polar surface area (TPSA) is 60.1 Å². The monoisotopic (exact) mass is 325 g/mol. The predicted octanol–water partition coefficient (Wildman–Crippen LogP) is 3.28. The van der Waals surface area contributed by atoms with Crippen molar-refractivity contribution in [2.24, 2.45) is 10.8 Å². The van der Waals surface area contributed by atoms with E-state index in [1.54, 1.807) is 14.2 Å². The van der Waals surface area contributed by atoms with Gasteiger partial charge in [-0.3, -0.25) is 5.01 Å². The molecule has 0 spiro atoms. The maximum Gasteiger partial charge on any atom is 0.166 e. The van der Waals surface area contributed by atoms with Crippen LogP contribution in [0.4, 0.5) is 5.69 Å². The molecule has 2 N–H and O–H groups in total. The van der Waals surface area contributed by atoms with Crippen LogP contribution in [-0.4, -0.2) is 26.5 Å². The molecule has 2 aromatic rings. The van der Waals surface area contributed by atoms with Crippen molar-refractivity contribution in [3.05, 3.63) is 53.6 Å². The SMILES string of the molecule is COc1cccc(C2CC(CN)=NN2c2ccccc2C)c1OC. The quantitative estimate of drug-likeness (QED) is 0.916. The number of ether oxygens (including phenoxy) is 2. The summed E-state index contributed by atoms with van der Waals surface area (Å²) in [6.45, 7) is 2.54. The van der Waals surface area contributed by atoms with Gasteiger partial charge in [-0.25, -0.2) is 0 Å². The number of benzene rings is 2. The van der Waals surface area contributed by atoms with Gasteiger partial charge in [0.25, 0.3) is 0 Å². The second kappa shape index (κ2) is 6.93. The third-order valence-electron chi connectivity index (χ3n) is 4.36. The van der Waals surface area contributed by atoms with E-state index in [2.05, 4.69) is 30.1 Å². The van der Waals surface area contributed by atoms with E-state index in [1.807, 2.05) is 24.3 Å². The molecule has 0 bridgehead atoms. The van der Waals surface area contributed by atoms with E-state index in [0.29, 0.717) is 6.54 Å². The van der Waals surface area contributed by atoms with Gasteiger partial charge in [0.1, 0.15) is 0 Å². The Balaban J connectivity index is 2.09. The molecule has 0 saturated heterocycles. The van der Waals surface area contributed by atoms with Gasteiger partial charge in [0.05, 0.1) is 31.7 Å². The summed E-state index contributed by atoms with van der Waals surface area (Å²) in [5, 5.41) is 6.81. The van der Waals surface area contributed by atoms with Gasteiger partial charge in [-0.05, 0) is 24.6 Å². The fourth-order valence-electron chi connectivity index (χ4n) is 3.16. The summed E-state index contributed by atoms with van der Waals surface area (Å²) >= 11 is 0. The lowest BCUT2D eigenvalue weighted by Gasteiger charge is -2.27. The second-order valence-electron chi connectivity index (χ2n) is 5.80. The fourth-order valence-corrected chi connectivity index (χ4v) is 3.16. The van der Waals surface area contributed by atoms with Crippen LogP contribution in [0, 0.1) is 6.92 Å². The van der Waals surface area contributed by atoms with E-state index in [1.165, 1.54) is 5.56 Å². The van der Waals surface area contributed by atoms with Crippen molar-refractivity contribution in [2.45, 2.75) is 19.4 Å². The highest BCUT2D eigenvalue weighted by atomic mass is 16.5. The van der Waals surface area contributed by atoms with Crippen molar-refractivity contribution in [2.75, 3.05) is 25.8 Å². The zero-order chi connectivity index (χ0) is 17.1. The summed E-state index contributed by atoms with van der Waals surface area (Å²) in [5.41, 5.74) is 10.1. The number of hydrogen-bond acceptors (Lipinski definition) is 5. The molecule has 5 nitrogen and oxygen atoms in total. The van der Waals surface area contributed by atoms with Crippen molar-refractivity contribution < 1.29 is 9.47 Å². The molecule has 1 unspecified atom stereocenters. The first-order valence-electron chi connectivity index (χ1n) is 8.01. The van der Waals surface area contributed by atoms with Crippen molar-refractivity contribution >= 4 is 11.4 Å². The van der Waals surface area contributed by atoms with E-state index in [4.69, 9.17) is 20.3 Å².